The van der Waals surface area contributed by atoms with E-state index in [4.69, 9.17) is 9.47 Å². The van der Waals surface area contributed by atoms with E-state index in [1.807, 2.05) is 12.1 Å². The number of rotatable bonds is 7. The van der Waals surface area contributed by atoms with Gasteiger partial charge in [-0.1, -0.05) is 37.5 Å². The largest absolute Gasteiger partial charge is 0.497 e. The summed E-state index contributed by atoms with van der Waals surface area (Å²) in [6, 6.07) is 4.03. The third-order valence-electron chi connectivity index (χ3n) is 3.03. The van der Waals surface area contributed by atoms with Gasteiger partial charge in [0.05, 0.1) is 22.3 Å². The maximum Gasteiger partial charge on any atom is 0.126 e. The van der Waals surface area contributed by atoms with Crippen molar-refractivity contribution in [3.63, 3.8) is 0 Å². The summed E-state index contributed by atoms with van der Waals surface area (Å²) < 4.78 is 10.8. The summed E-state index contributed by atoms with van der Waals surface area (Å²) in [7, 11) is 2.23. The van der Waals surface area contributed by atoms with Crippen LogP contribution in [0.2, 0.25) is 19.6 Å². The lowest BCUT2D eigenvalue weighted by atomic mass is 10.00. The zero-order chi connectivity index (χ0) is 15.2. The molecule has 20 heavy (non-hydrogen) atoms. The minimum atomic E-state index is -1.15. The summed E-state index contributed by atoms with van der Waals surface area (Å²) in [5.74, 6) is 1.71. The second-order valence-electron chi connectivity index (χ2n) is 5.93. The summed E-state index contributed by atoms with van der Waals surface area (Å²) in [6.45, 7) is 10.8. The Morgan fingerprint density at radius 3 is 2.30 bits per heavy atom. The third kappa shape index (κ3) is 4.89. The number of ether oxygens (including phenoxy) is 2. The average molecular weight is 290 g/mol. The van der Waals surface area contributed by atoms with Crippen LogP contribution in [0, 0.1) is 0 Å². The molecular weight excluding hydrogens is 264 g/mol. The Morgan fingerprint density at radius 1 is 1.10 bits per heavy atom. The first-order chi connectivity index (χ1) is 9.41. The molecule has 0 amide bonds. The Balaban J connectivity index is 3.13. The quantitative estimate of drug-likeness (QED) is 0.547. The molecule has 110 valence electrons. The normalized spacial score (nSPS) is 11.7. The average Bonchev–Trinajstić information content (AvgIpc) is 2.38. The van der Waals surface area contributed by atoms with Crippen molar-refractivity contribution in [3.05, 3.63) is 47.7 Å². The van der Waals surface area contributed by atoms with E-state index >= 15 is 0 Å². The predicted molar refractivity (Wildman–Crippen MR) is 89.6 cm³/mol. The van der Waals surface area contributed by atoms with E-state index in [0.717, 1.165) is 24.3 Å². The van der Waals surface area contributed by atoms with E-state index in [9.17, 15) is 0 Å². The molecular formula is C17H26O2Si. The second kappa shape index (κ2) is 7.34. The van der Waals surface area contributed by atoms with E-state index < -0.39 is 8.07 Å². The van der Waals surface area contributed by atoms with Crippen molar-refractivity contribution < 1.29 is 9.47 Å². The summed E-state index contributed by atoms with van der Waals surface area (Å²) in [6.07, 6.45) is 5.90. The van der Waals surface area contributed by atoms with Crippen molar-refractivity contribution in [1.29, 1.82) is 0 Å². The highest BCUT2D eigenvalue weighted by Crippen LogP contribution is 2.30. The molecule has 0 spiro atoms. The smallest absolute Gasteiger partial charge is 0.126 e. The molecule has 0 aliphatic heterocycles. The number of allylic oxidation sites excluding steroid dienone is 2. The molecule has 0 radical (unpaired) electrons. The lowest BCUT2D eigenvalue weighted by Crippen LogP contribution is -2.15. The second-order valence-corrected chi connectivity index (χ2v) is 11.0. The zero-order valence-electron chi connectivity index (χ0n) is 13.3. The first-order valence-electron chi connectivity index (χ1n) is 6.93. The molecule has 0 aliphatic carbocycles. The maximum atomic E-state index is 5.49. The number of hydrogen-bond acceptors (Lipinski definition) is 2. The molecule has 1 aromatic rings. The molecule has 1 aromatic carbocycles. The molecule has 0 saturated carbocycles. The standard InChI is InChI=1S/C17H26O2Si/c1-7-9-16-14(10-8-11-20(4,5)6)12-15(18-2)13-17(16)19-3/h7-8,11-13H,1,9-10H2,2-6H3/b11-8+. The monoisotopic (exact) mass is 290 g/mol. The van der Waals surface area contributed by atoms with Gasteiger partial charge in [0.2, 0.25) is 0 Å². The van der Waals surface area contributed by atoms with Crippen LogP contribution >= 0.6 is 0 Å². The first-order valence-corrected chi connectivity index (χ1v) is 10.5. The van der Waals surface area contributed by atoms with Gasteiger partial charge in [0.25, 0.3) is 0 Å². The van der Waals surface area contributed by atoms with Gasteiger partial charge >= 0.3 is 0 Å². The van der Waals surface area contributed by atoms with Crippen LogP contribution in [0.4, 0.5) is 0 Å². The van der Waals surface area contributed by atoms with Gasteiger partial charge in [-0.2, -0.15) is 0 Å². The summed E-state index contributed by atoms with van der Waals surface area (Å²) in [4.78, 5) is 0. The van der Waals surface area contributed by atoms with Gasteiger partial charge in [-0.15, -0.1) is 6.58 Å². The van der Waals surface area contributed by atoms with Crippen LogP contribution in [0.15, 0.2) is 36.6 Å². The Morgan fingerprint density at radius 2 is 1.80 bits per heavy atom. The van der Waals surface area contributed by atoms with Crippen LogP contribution < -0.4 is 9.47 Å². The third-order valence-corrected chi connectivity index (χ3v) is 4.27. The van der Waals surface area contributed by atoms with Gasteiger partial charge in [-0.25, -0.2) is 0 Å². The zero-order valence-corrected chi connectivity index (χ0v) is 14.3. The summed E-state index contributed by atoms with van der Waals surface area (Å²) >= 11 is 0. The Hall–Kier alpha value is -1.48. The molecule has 0 N–H and O–H groups in total. The summed E-state index contributed by atoms with van der Waals surface area (Å²) in [5, 5.41) is 0. The van der Waals surface area contributed by atoms with Crippen LogP contribution in [0.5, 0.6) is 11.5 Å². The van der Waals surface area contributed by atoms with Crippen molar-refractivity contribution in [2.75, 3.05) is 14.2 Å². The highest BCUT2D eigenvalue weighted by atomic mass is 28.3. The Labute approximate surface area is 124 Å². The fraction of sp³-hybridized carbons (Fsp3) is 0.412. The predicted octanol–water partition coefficient (Wildman–Crippen LogP) is 4.41. The molecule has 0 atom stereocenters. The number of methoxy groups -OCH3 is 2. The lowest BCUT2D eigenvalue weighted by molar-refractivity contribution is 0.391. The van der Waals surface area contributed by atoms with Crippen molar-refractivity contribution in [1.82, 2.24) is 0 Å². The molecule has 0 unspecified atom stereocenters. The van der Waals surface area contributed by atoms with Crippen molar-refractivity contribution in [3.8, 4) is 11.5 Å². The SMILES string of the molecule is C=CCc1c(C/C=C/[Si](C)(C)C)cc(OC)cc1OC. The van der Waals surface area contributed by atoms with Crippen molar-refractivity contribution in [2.45, 2.75) is 32.5 Å². The van der Waals surface area contributed by atoms with Crippen LogP contribution in [-0.2, 0) is 12.8 Å². The fourth-order valence-electron chi connectivity index (χ4n) is 2.07. The van der Waals surface area contributed by atoms with Crippen LogP contribution in [0.3, 0.4) is 0 Å². The first kappa shape index (κ1) is 16.6. The molecule has 0 heterocycles. The van der Waals surface area contributed by atoms with Crippen LogP contribution in [-0.4, -0.2) is 22.3 Å². The minimum absolute atomic E-state index is 0.809. The van der Waals surface area contributed by atoms with Gasteiger partial charge in [-0.05, 0) is 24.5 Å². The van der Waals surface area contributed by atoms with E-state index in [1.165, 1.54) is 11.1 Å². The fourth-order valence-corrected chi connectivity index (χ4v) is 2.90. The highest BCUT2D eigenvalue weighted by molar-refractivity contribution is 6.80. The van der Waals surface area contributed by atoms with Crippen LogP contribution in [0.25, 0.3) is 0 Å². The molecule has 2 nitrogen and oxygen atoms in total. The van der Waals surface area contributed by atoms with Crippen molar-refractivity contribution in [2.24, 2.45) is 0 Å². The molecule has 0 aromatic heterocycles. The Bertz CT molecular complexity index is 484. The van der Waals surface area contributed by atoms with E-state index in [1.54, 1.807) is 14.2 Å². The molecule has 1 rings (SSSR count). The van der Waals surface area contributed by atoms with E-state index in [2.05, 4.69) is 44.1 Å². The van der Waals surface area contributed by atoms with Gasteiger partial charge in [-0.3, -0.25) is 0 Å². The van der Waals surface area contributed by atoms with Crippen LogP contribution in [0.1, 0.15) is 11.1 Å². The summed E-state index contributed by atoms with van der Waals surface area (Å²) in [5.41, 5.74) is 4.82. The number of hydrogen-bond donors (Lipinski definition) is 0. The maximum absolute atomic E-state index is 5.49. The van der Waals surface area contributed by atoms with Gasteiger partial charge in [0.15, 0.2) is 0 Å². The Kier molecular flexibility index (Phi) is 6.08. The molecule has 0 fully saturated rings. The number of benzene rings is 1. The highest BCUT2D eigenvalue weighted by Gasteiger charge is 2.11. The molecule has 0 aliphatic rings. The van der Waals surface area contributed by atoms with Crippen molar-refractivity contribution >= 4 is 8.07 Å². The van der Waals surface area contributed by atoms with Gasteiger partial charge in [0, 0.05) is 11.6 Å². The molecule has 0 saturated heterocycles. The minimum Gasteiger partial charge on any atom is -0.497 e. The molecule has 0 bridgehead atoms. The van der Waals surface area contributed by atoms with Gasteiger partial charge in [0.1, 0.15) is 11.5 Å². The van der Waals surface area contributed by atoms with Gasteiger partial charge < -0.3 is 9.47 Å². The molecule has 3 heteroatoms. The van der Waals surface area contributed by atoms with E-state index in [0.29, 0.717) is 0 Å². The van der Waals surface area contributed by atoms with E-state index in [-0.39, 0.29) is 0 Å². The topological polar surface area (TPSA) is 18.5 Å². The lowest BCUT2D eigenvalue weighted by Gasteiger charge is -2.15.